The summed E-state index contributed by atoms with van der Waals surface area (Å²) in [6.07, 6.45) is 0. The topological polar surface area (TPSA) is 104 Å². The number of anilines is 2. The van der Waals surface area contributed by atoms with Crippen LogP contribution in [0.1, 0.15) is 6.92 Å². The van der Waals surface area contributed by atoms with Gasteiger partial charge in [0.15, 0.2) is 12.6 Å². The zero-order valence-corrected chi connectivity index (χ0v) is 16.0. The predicted molar refractivity (Wildman–Crippen MR) is 102 cm³/mol. The van der Waals surface area contributed by atoms with Gasteiger partial charge in [-0.1, -0.05) is 0 Å². The van der Waals surface area contributed by atoms with Gasteiger partial charge in [-0.3, -0.25) is 14.9 Å². The molecule has 9 nitrogen and oxygen atoms in total. The van der Waals surface area contributed by atoms with E-state index in [0.717, 1.165) is 32.0 Å². The SMILES string of the molecule is CNC(=O)NC(=O)[C@@H](C)[NH+](C)CC(=O)Nc1ccc(N2CCOCC2)cc1. The second-order valence-corrected chi connectivity index (χ2v) is 6.51. The summed E-state index contributed by atoms with van der Waals surface area (Å²) in [7, 11) is 3.16. The summed E-state index contributed by atoms with van der Waals surface area (Å²) in [4.78, 5) is 38.3. The molecule has 2 atom stereocenters. The average Bonchev–Trinajstić information content (AvgIpc) is 2.68. The Kier molecular flexibility index (Phi) is 7.56. The molecule has 4 amide bonds. The lowest BCUT2D eigenvalue weighted by Crippen LogP contribution is -3.15. The van der Waals surface area contributed by atoms with Crippen LogP contribution < -0.4 is 25.8 Å². The van der Waals surface area contributed by atoms with Crippen LogP contribution in [0.5, 0.6) is 0 Å². The lowest BCUT2D eigenvalue weighted by atomic mass is 10.2. The van der Waals surface area contributed by atoms with Crippen LogP contribution in [0.4, 0.5) is 16.2 Å². The number of benzene rings is 1. The van der Waals surface area contributed by atoms with Gasteiger partial charge < -0.3 is 25.2 Å². The summed E-state index contributed by atoms with van der Waals surface area (Å²) in [5.41, 5.74) is 1.80. The lowest BCUT2D eigenvalue weighted by Gasteiger charge is -2.28. The highest BCUT2D eigenvalue weighted by atomic mass is 16.5. The molecule has 148 valence electrons. The molecule has 4 N–H and O–H groups in total. The van der Waals surface area contributed by atoms with E-state index in [1.54, 1.807) is 14.0 Å². The van der Waals surface area contributed by atoms with Crippen molar-refractivity contribution in [1.82, 2.24) is 10.6 Å². The normalized spacial score (nSPS) is 16.2. The molecule has 0 radical (unpaired) electrons. The van der Waals surface area contributed by atoms with E-state index in [0.29, 0.717) is 10.6 Å². The number of morpholine rings is 1. The van der Waals surface area contributed by atoms with Crippen LogP contribution >= 0.6 is 0 Å². The molecule has 1 aliphatic rings. The molecule has 27 heavy (non-hydrogen) atoms. The van der Waals surface area contributed by atoms with Crippen molar-refractivity contribution in [2.24, 2.45) is 0 Å². The number of carbonyl (C=O) groups is 3. The molecule has 0 saturated carbocycles. The smallest absolute Gasteiger partial charge is 0.321 e. The van der Waals surface area contributed by atoms with Gasteiger partial charge in [0.2, 0.25) is 0 Å². The summed E-state index contributed by atoms with van der Waals surface area (Å²) in [5, 5.41) is 7.37. The standard InChI is InChI=1S/C18H27N5O4/c1-13(17(25)21-18(26)19-2)22(3)12-16(24)20-14-4-6-15(7-5-14)23-8-10-27-11-9-23/h4-7,13H,8-12H2,1-3H3,(H,20,24)(H2,19,21,25,26)/p+1/t13-/m1/s1. The second kappa shape index (κ2) is 9.89. The van der Waals surface area contributed by atoms with Crippen molar-refractivity contribution >= 4 is 29.2 Å². The monoisotopic (exact) mass is 378 g/mol. The number of hydrogen-bond donors (Lipinski definition) is 4. The zero-order valence-electron chi connectivity index (χ0n) is 16.0. The lowest BCUT2D eigenvalue weighted by molar-refractivity contribution is -0.885. The van der Waals surface area contributed by atoms with Crippen LogP contribution in [0.15, 0.2) is 24.3 Å². The van der Waals surface area contributed by atoms with Crippen LogP contribution in [0.25, 0.3) is 0 Å². The number of nitrogens with one attached hydrogen (secondary N) is 4. The van der Waals surface area contributed by atoms with Crippen LogP contribution in [0.2, 0.25) is 0 Å². The van der Waals surface area contributed by atoms with Crippen molar-refractivity contribution in [3.05, 3.63) is 24.3 Å². The molecule has 0 spiro atoms. The summed E-state index contributed by atoms with van der Waals surface area (Å²) in [6.45, 7) is 4.93. The number of ether oxygens (including phenoxy) is 1. The van der Waals surface area contributed by atoms with E-state index >= 15 is 0 Å². The van der Waals surface area contributed by atoms with Gasteiger partial charge in [-0.05, 0) is 31.2 Å². The van der Waals surface area contributed by atoms with Crippen molar-refractivity contribution in [1.29, 1.82) is 0 Å². The Morgan fingerprint density at radius 2 is 1.81 bits per heavy atom. The number of likely N-dealkylation sites (N-methyl/N-ethyl adjacent to an activating group) is 1. The third-order valence-electron chi connectivity index (χ3n) is 4.56. The Morgan fingerprint density at radius 1 is 1.19 bits per heavy atom. The van der Waals surface area contributed by atoms with Gasteiger partial charge in [0, 0.05) is 31.5 Å². The molecule has 1 aromatic carbocycles. The van der Waals surface area contributed by atoms with Crippen LogP contribution in [0, 0.1) is 0 Å². The summed E-state index contributed by atoms with van der Waals surface area (Å²) in [5.74, 6) is -0.638. The minimum Gasteiger partial charge on any atom is -0.378 e. The first-order chi connectivity index (χ1) is 12.9. The van der Waals surface area contributed by atoms with Crippen molar-refractivity contribution < 1.29 is 24.0 Å². The van der Waals surface area contributed by atoms with Gasteiger partial charge in [0.05, 0.1) is 20.3 Å². The maximum Gasteiger partial charge on any atom is 0.321 e. The van der Waals surface area contributed by atoms with Crippen LogP contribution in [-0.2, 0) is 14.3 Å². The van der Waals surface area contributed by atoms with Gasteiger partial charge in [0.25, 0.3) is 11.8 Å². The van der Waals surface area contributed by atoms with E-state index in [9.17, 15) is 14.4 Å². The minimum absolute atomic E-state index is 0.105. The second-order valence-electron chi connectivity index (χ2n) is 6.51. The Hall–Kier alpha value is -2.65. The van der Waals surface area contributed by atoms with Gasteiger partial charge >= 0.3 is 6.03 Å². The number of urea groups is 1. The number of carbonyl (C=O) groups excluding carboxylic acids is 3. The molecule has 9 heteroatoms. The molecule has 1 unspecified atom stereocenters. The highest BCUT2D eigenvalue weighted by molar-refractivity contribution is 5.96. The molecule has 1 saturated heterocycles. The van der Waals surface area contributed by atoms with Crippen molar-refractivity contribution in [2.75, 3.05) is 57.2 Å². The van der Waals surface area contributed by atoms with E-state index in [1.165, 1.54) is 7.05 Å². The van der Waals surface area contributed by atoms with Crippen molar-refractivity contribution in [2.45, 2.75) is 13.0 Å². The van der Waals surface area contributed by atoms with Gasteiger partial charge in [-0.15, -0.1) is 0 Å². The van der Waals surface area contributed by atoms with Crippen LogP contribution in [-0.4, -0.2) is 70.8 Å². The maximum absolute atomic E-state index is 12.2. The van der Waals surface area contributed by atoms with E-state index in [4.69, 9.17) is 4.74 Å². The molecular weight excluding hydrogens is 350 g/mol. The molecule has 1 fully saturated rings. The fraction of sp³-hybridized carbons (Fsp3) is 0.500. The summed E-state index contributed by atoms with van der Waals surface area (Å²) >= 11 is 0. The molecule has 0 bridgehead atoms. The van der Waals surface area contributed by atoms with Gasteiger partial charge in [-0.25, -0.2) is 4.79 Å². The first-order valence-corrected chi connectivity index (χ1v) is 8.98. The minimum atomic E-state index is -0.565. The number of hydrogen-bond acceptors (Lipinski definition) is 5. The molecule has 0 aliphatic carbocycles. The quantitative estimate of drug-likeness (QED) is 0.499. The van der Waals surface area contributed by atoms with E-state index in [2.05, 4.69) is 20.9 Å². The Morgan fingerprint density at radius 3 is 2.41 bits per heavy atom. The van der Waals surface area contributed by atoms with E-state index < -0.39 is 18.0 Å². The maximum atomic E-state index is 12.2. The number of quaternary nitrogens is 1. The van der Waals surface area contributed by atoms with Gasteiger partial charge in [0.1, 0.15) is 0 Å². The third kappa shape index (κ3) is 6.22. The van der Waals surface area contributed by atoms with Crippen LogP contribution in [0.3, 0.4) is 0 Å². The molecular formula is C18H28N5O4+. The van der Waals surface area contributed by atoms with Crippen molar-refractivity contribution in [3.63, 3.8) is 0 Å². The Balaban J connectivity index is 1.83. The van der Waals surface area contributed by atoms with E-state index in [-0.39, 0.29) is 12.5 Å². The number of amides is 4. The molecule has 1 aliphatic heterocycles. The highest BCUT2D eigenvalue weighted by Crippen LogP contribution is 2.18. The largest absolute Gasteiger partial charge is 0.378 e. The van der Waals surface area contributed by atoms with Gasteiger partial charge in [-0.2, -0.15) is 0 Å². The number of imide groups is 1. The average molecular weight is 378 g/mol. The van der Waals surface area contributed by atoms with Crippen molar-refractivity contribution in [3.8, 4) is 0 Å². The fourth-order valence-electron chi connectivity index (χ4n) is 2.70. The molecule has 1 heterocycles. The molecule has 2 rings (SSSR count). The number of nitrogens with zero attached hydrogens (tertiary/aromatic N) is 1. The predicted octanol–water partition coefficient (Wildman–Crippen LogP) is -1.18. The molecule has 0 aromatic heterocycles. The first-order valence-electron chi connectivity index (χ1n) is 8.98. The highest BCUT2D eigenvalue weighted by Gasteiger charge is 2.25. The first kappa shape index (κ1) is 20.7. The molecule has 1 aromatic rings. The Labute approximate surface area is 159 Å². The van der Waals surface area contributed by atoms with E-state index in [1.807, 2.05) is 24.3 Å². The third-order valence-corrected chi connectivity index (χ3v) is 4.56. The summed E-state index contributed by atoms with van der Waals surface area (Å²) in [6, 6.07) is 6.55. The fourth-order valence-corrected chi connectivity index (χ4v) is 2.70. The Bertz CT molecular complexity index is 658. The summed E-state index contributed by atoms with van der Waals surface area (Å²) < 4.78 is 5.35. The zero-order chi connectivity index (χ0) is 19.8. The number of rotatable bonds is 6.